The Bertz CT molecular complexity index is 4900. The molecule has 2 aromatic heterocycles. The third kappa shape index (κ3) is 8.61. The van der Waals surface area contributed by atoms with Crippen LogP contribution >= 0.6 is 0 Å². The Morgan fingerprint density at radius 3 is 1.16 bits per heavy atom. The minimum Gasteiger partial charge on any atom is -0.292 e. The highest BCUT2D eigenvalue weighted by Crippen LogP contribution is 2.48. The molecule has 0 spiro atoms. The summed E-state index contributed by atoms with van der Waals surface area (Å²) in [4.78, 5) is 9.98. The lowest BCUT2D eigenvalue weighted by Crippen LogP contribution is -2.32. The average Bonchev–Trinajstić information content (AvgIpc) is 1.49. The average molecular weight is 1100 g/mol. The Balaban J connectivity index is 0.906. The van der Waals surface area contributed by atoms with E-state index < -0.39 is 0 Å². The van der Waals surface area contributed by atoms with Crippen molar-refractivity contribution in [3.63, 3.8) is 0 Å². The summed E-state index contributed by atoms with van der Waals surface area (Å²) in [5, 5.41) is 2.58. The van der Waals surface area contributed by atoms with Gasteiger partial charge in [-0.25, -0.2) is 9.97 Å². The van der Waals surface area contributed by atoms with Crippen molar-refractivity contribution in [1.82, 2.24) is 14.5 Å². The first-order valence-corrected chi connectivity index (χ1v) is 29.7. The highest BCUT2D eigenvalue weighted by molar-refractivity contribution is 6.19. The van der Waals surface area contributed by atoms with Crippen LogP contribution in [0, 0.1) is 0 Å². The number of hydrogen-bond donors (Lipinski definition) is 1. The third-order valence-electron chi connectivity index (χ3n) is 17.3. The van der Waals surface area contributed by atoms with Crippen molar-refractivity contribution in [2.24, 2.45) is 0 Å². The number of nitrogens with zero attached hydrogens (tertiary/aromatic N) is 3. The van der Waals surface area contributed by atoms with Gasteiger partial charge in [0.1, 0.15) is 11.5 Å². The van der Waals surface area contributed by atoms with Crippen molar-refractivity contribution >= 4 is 67.3 Å². The highest BCUT2D eigenvalue weighted by atomic mass is 15.1. The number of para-hydroxylation sites is 2. The second kappa shape index (κ2) is 21.5. The normalized spacial score (nSPS) is 12.2. The third-order valence-corrected chi connectivity index (χ3v) is 17.3. The number of allylic oxidation sites excluding steroid dienone is 2. The van der Waals surface area contributed by atoms with Crippen molar-refractivity contribution in [3.8, 4) is 34.2 Å². The fraction of sp³-hybridized carbons (Fsp3) is 0.0244. The molecule has 0 radical (unpaired) electrons. The summed E-state index contributed by atoms with van der Waals surface area (Å²) in [5.74, 6) is 1.94. The van der Waals surface area contributed by atoms with Gasteiger partial charge in [-0.3, -0.25) is 4.57 Å². The molecule has 0 amide bonds. The molecule has 1 N–H and O–H groups in total. The molecule has 0 fully saturated rings. The van der Waals surface area contributed by atoms with Gasteiger partial charge in [-0.1, -0.05) is 279 Å². The molecule has 404 valence electrons. The van der Waals surface area contributed by atoms with E-state index >= 15 is 0 Å². The number of rotatable bonds is 12. The summed E-state index contributed by atoms with van der Waals surface area (Å²) >= 11 is 0. The van der Waals surface area contributed by atoms with E-state index in [1.807, 2.05) is 0 Å². The van der Waals surface area contributed by atoms with Gasteiger partial charge in [0.15, 0.2) is 11.0 Å². The van der Waals surface area contributed by atoms with Crippen LogP contribution in [0.1, 0.15) is 66.8 Å². The molecule has 4 heteroatoms. The number of nitrogens with one attached hydrogen (secondary N) is 1. The molecule has 0 bridgehead atoms. The predicted molar refractivity (Wildman–Crippen MR) is 357 cm³/mol. The molecule has 0 atom stereocenters. The Morgan fingerprint density at radius 1 is 0.360 bits per heavy atom. The largest absolute Gasteiger partial charge is 0.292 e. The molecule has 0 unspecified atom stereocenters. The van der Waals surface area contributed by atoms with Gasteiger partial charge in [0.25, 0.3) is 5.82 Å². The number of H-pyrrole nitrogens is 1. The topological polar surface area (TPSA) is 37.5 Å². The quantitative estimate of drug-likeness (QED) is 0.0961. The second-order valence-electron chi connectivity index (χ2n) is 22.3. The van der Waals surface area contributed by atoms with Gasteiger partial charge in [0, 0.05) is 33.2 Å². The van der Waals surface area contributed by atoms with Gasteiger partial charge < -0.3 is 0 Å². The minimum atomic E-state index is 0.769. The summed E-state index contributed by atoms with van der Waals surface area (Å²) in [5.41, 5.74) is 27.8. The molecule has 12 aromatic carbocycles. The number of aromatic amines is 1. The predicted octanol–water partition coefficient (Wildman–Crippen LogP) is 19.4. The molecular formula is C82H57N4+. The van der Waals surface area contributed by atoms with Crippen LogP contribution in [-0.2, 0) is 12.8 Å². The molecule has 86 heavy (non-hydrogen) atoms. The summed E-state index contributed by atoms with van der Waals surface area (Å²) in [6.45, 7) is 0. The first kappa shape index (κ1) is 50.5. The van der Waals surface area contributed by atoms with Gasteiger partial charge in [0.05, 0.1) is 16.6 Å². The van der Waals surface area contributed by atoms with E-state index in [0.717, 1.165) is 91.3 Å². The molecule has 2 aliphatic rings. The van der Waals surface area contributed by atoms with E-state index in [4.69, 9.17) is 4.98 Å². The van der Waals surface area contributed by atoms with Gasteiger partial charge in [-0.15, -0.1) is 0 Å². The monoisotopic (exact) mass is 1100 g/mol. The Hall–Kier alpha value is -11.2. The SMILES string of the molecule is C1=Cc2c3[nH]c(-c4ccc(C(=C(c5ccccc5)c5ccccc5)c5ccccc5)cc4)[n+](-c4ccccc4)c3c3c4c(c5c(nc(-c6ccc(C(=C(c7ccccc7)c7ccccc7)c7ccccc7)cc6)n5-c5ccccc5)c(c24)C1)CC=C3. The molecule has 2 aliphatic carbocycles. The maximum absolute atomic E-state index is 5.85. The van der Waals surface area contributed by atoms with Crippen LogP contribution in [0.15, 0.2) is 303 Å². The Morgan fingerprint density at radius 2 is 0.721 bits per heavy atom. The Kier molecular flexibility index (Phi) is 12.6. The molecule has 0 aliphatic heterocycles. The zero-order chi connectivity index (χ0) is 56.9. The molecule has 16 rings (SSSR count). The lowest BCUT2D eigenvalue weighted by Gasteiger charge is -2.22. The molecule has 4 nitrogen and oxygen atoms in total. The summed E-state index contributed by atoms with van der Waals surface area (Å²) < 4.78 is 4.91. The number of hydrogen-bond acceptors (Lipinski definition) is 1. The zero-order valence-corrected chi connectivity index (χ0v) is 47.3. The smallest absolute Gasteiger partial charge is 0.292 e. The molecular weight excluding hydrogens is 1040 g/mol. The molecule has 0 saturated heterocycles. The standard InChI is InChI=1S/C82H56N4/c1-9-27-55(28-10-1)71(56-29-11-2-12-30-56)73(59-35-17-5-18-36-59)61-47-51-63(52-48-61)81-83-77-67-43-25-44-68-75(67)76-69(79(77)85(81)65-39-21-7-22-40-65)45-26-46-70(76)80-78(68)84-82(86(80)66-41-23-8-24-42-66)64-53-49-62(50-54-64)74(60-37-19-6-20-38-60)72(57-31-13-3-14-32-57)58-33-15-4-16-34-58/h1-43,45,47-54H,44,46H2/p+1. The zero-order valence-electron chi connectivity index (χ0n) is 47.3. The van der Waals surface area contributed by atoms with E-state index in [1.165, 1.54) is 77.6 Å². The van der Waals surface area contributed by atoms with Crippen molar-refractivity contribution in [1.29, 1.82) is 0 Å². The second-order valence-corrected chi connectivity index (χ2v) is 22.3. The minimum absolute atomic E-state index is 0.769. The van der Waals surface area contributed by atoms with Crippen LogP contribution < -0.4 is 4.57 Å². The highest BCUT2D eigenvalue weighted by Gasteiger charge is 2.35. The molecule has 0 saturated carbocycles. The van der Waals surface area contributed by atoms with Crippen LogP contribution in [0.4, 0.5) is 0 Å². The molecule has 14 aromatic rings. The van der Waals surface area contributed by atoms with Gasteiger partial charge in [-0.05, 0) is 127 Å². The molecule has 2 heterocycles. The fourth-order valence-electron chi connectivity index (χ4n) is 13.6. The summed E-state index contributed by atoms with van der Waals surface area (Å²) in [6.07, 6.45) is 11.0. The summed E-state index contributed by atoms with van der Waals surface area (Å²) in [6, 6.07) is 105. The van der Waals surface area contributed by atoms with Crippen LogP contribution in [0.25, 0.3) is 101 Å². The number of aromatic nitrogens is 4. The van der Waals surface area contributed by atoms with E-state index in [0.29, 0.717) is 0 Å². The van der Waals surface area contributed by atoms with Crippen LogP contribution in [0.2, 0.25) is 0 Å². The number of benzene rings is 12. The summed E-state index contributed by atoms with van der Waals surface area (Å²) in [7, 11) is 0. The van der Waals surface area contributed by atoms with E-state index in [9.17, 15) is 0 Å². The fourth-order valence-corrected chi connectivity index (χ4v) is 13.6. The van der Waals surface area contributed by atoms with E-state index in [1.54, 1.807) is 0 Å². The maximum atomic E-state index is 5.85. The lowest BCUT2D eigenvalue weighted by atomic mass is 9.82. The van der Waals surface area contributed by atoms with Crippen molar-refractivity contribution in [3.05, 3.63) is 370 Å². The first-order chi connectivity index (χ1) is 42.7. The van der Waals surface area contributed by atoms with Gasteiger partial charge in [-0.2, -0.15) is 4.57 Å². The van der Waals surface area contributed by atoms with E-state index in [-0.39, 0.29) is 0 Å². The van der Waals surface area contributed by atoms with Crippen molar-refractivity contribution in [2.75, 3.05) is 0 Å². The van der Waals surface area contributed by atoms with Gasteiger partial charge >= 0.3 is 0 Å². The van der Waals surface area contributed by atoms with Crippen molar-refractivity contribution in [2.45, 2.75) is 12.8 Å². The lowest BCUT2D eigenvalue weighted by molar-refractivity contribution is -0.554. The van der Waals surface area contributed by atoms with Gasteiger partial charge in [0.2, 0.25) is 0 Å². The number of imidazole rings is 2. The van der Waals surface area contributed by atoms with Crippen molar-refractivity contribution < 1.29 is 4.57 Å². The maximum Gasteiger partial charge on any atom is 0.292 e. The Labute approximate surface area is 500 Å². The van der Waals surface area contributed by atoms with Crippen LogP contribution in [-0.4, -0.2) is 14.5 Å². The first-order valence-electron chi connectivity index (χ1n) is 29.7. The van der Waals surface area contributed by atoms with Crippen LogP contribution in [0.3, 0.4) is 0 Å². The van der Waals surface area contributed by atoms with Crippen LogP contribution in [0.5, 0.6) is 0 Å². The number of fused-ring (bicyclic) bond motifs is 6. The van der Waals surface area contributed by atoms with E-state index in [2.05, 4.69) is 330 Å².